The second-order valence-electron chi connectivity index (χ2n) is 4.44. The molecule has 2 aromatic carbocycles. The minimum absolute atomic E-state index is 0.125. The van der Waals surface area contributed by atoms with Gasteiger partial charge in [0.05, 0.1) is 17.5 Å². The summed E-state index contributed by atoms with van der Waals surface area (Å²) in [5.74, 6) is -0.154. The predicted molar refractivity (Wildman–Crippen MR) is 79.4 cm³/mol. The van der Waals surface area contributed by atoms with Gasteiger partial charge in [0.2, 0.25) is 0 Å². The first-order valence-corrected chi connectivity index (χ1v) is 6.54. The van der Waals surface area contributed by atoms with Crippen LogP contribution in [-0.4, -0.2) is 7.11 Å². The third-order valence-electron chi connectivity index (χ3n) is 3.14. The zero-order valence-electron chi connectivity index (χ0n) is 11.0. The van der Waals surface area contributed by atoms with E-state index in [0.717, 1.165) is 0 Å². The van der Waals surface area contributed by atoms with Crippen molar-refractivity contribution in [1.82, 2.24) is 0 Å². The first kappa shape index (κ1) is 13.6. The largest absolute Gasteiger partial charge is 0.494 e. The van der Waals surface area contributed by atoms with E-state index in [0.29, 0.717) is 16.0 Å². The fourth-order valence-corrected chi connectivity index (χ4v) is 2.32. The van der Waals surface area contributed by atoms with Gasteiger partial charge in [0.15, 0.2) is 22.6 Å². The number of methoxy groups -OCH3 is 1. The quantitative estimate of drug-likeness (QED) is 0.710. The minimum atomic E-state index is -0.531. The summed E-state index contributed by atoms with van der Waals surface area (Å²) >= 11 is 6.04. The Balaban J connectivity index is 2.24. The molecule has 0 atom stereocenters. The summed E-state index contributed by atoms with van der Waals surface area (Å²) in [5.41, 5.74) is 0.495. The zero-order chi connectivity index (χ0) is 15.0. The third kappa shape index (κ3) is 2.38. The van der Waals surface area contributed by atoms with E-state index in [2.05, 4.69) is 0 Å². The molecule has 106 valence electrons. The fourth-order valence-electron chi connectivity index (χ4n) is 2.10. The number of benzene rings is 2. The van der Waals surface area contributed by atoms with Crippen molar-refractivity contribution < 1.29 is 13.5 Å². The van der Waals surface area contributed by atoms with Gasteiger partial charge in [-0.1, -0.05) is 17.7 Å². The molecule has 0 spiro atoms. The summed E-state index contributed by atoms with van der Waals surface area (Å²) in [5, 5.41) is 0.723. The van der Waals surface area contributed by atoms with Gasteiger partial charge in [0.1, 0.15) is 5.76 Å². The van der Waals surface area contributed by atoms with Gasteiger partial charge >= 0.3 is 0 Å². The molecule has 21 heavy (non-hydrogen) atoms. The van der Waals surface area contributed by atoms with Crippen LogP contribution < -0.4 is 10.2 Å². The summed E-state index contributed by atoms with van der Waals surface area (Å²) in [4.78, 5) is 12.1. The average molecular weight is 305 g/mol. The molecule has 1 aromatic heterocycles. The van der Waals surface area contributed by atoms with Crippen LogP contribution in [0.15, 0.2) is 51.7 Å². The highest BCUT2D eigenvalue weighted by molar-refractivity contribution is 6.34. The van der Waals surface area contributed by atoms with Gasteiger partial charge < -0.3 is 9.15 Å². The van der Waals surface area contributed by atoms with Crippen molar-refractivity contribution in [2.24, 2.45) is 0 Å². The molecule has 0 radical (unpaired) electrons. The number of fused-ring (bicyclic) bond motifs is 1. The molecule has 0 saturated heterocycles. The molecule has 0 amide bonds. The van der Waals surface area contributed by atoms with Crippen molar-refractivity contribution >= 4 is 22.6 Å². The molecule has 0 aliphatic carbocycles. The molecule has 3 nitrogen and oxygen atoms in total. The van der Waals surface area contributed by atoms with E-state index in [4.69, 9.17) is 20.8 Å². The Kier molecular flexibility index (Phi) is 3.39. The van der Waals surface area contributed by atoms with E-state index in [1.54, 1.807) is 24.3 Å². The number of hydrogen-bond donors (Lipinski definition) is 0. The molecule has 0 fully saturated rings. The zero-order valence-corrected chi connectivity index (χ0v) is 11.8. The first-order chi connectivity index (χ1) is 10.1. The van der Waals surface area contributed by atoms with Crippen LogP contribution in [0.2, 0.25) is 5.02 Å². The summed E-state index contributed by atoms with van der Waals surface area (Å²) in [6.07, 6.45) is 0. The minimum Gasteiger partial charge on any atom is -0.494 e. The Hall–Kier alpha value is -2.33. The van der Waals surface area contributed by atoms with Crippen LogP contribution in [0.4, 0.5) is 4.39 Å². The van der Waals surface area contributed by atoms with Crippen LogP contribution in [0.3, 0.4) is 0 Å². The second kappa shape index (κ2) is 5.22. The van der Waals surface area contributed by atoms with Crippen molar-refractivity contribution in [1.29, 1.82) is 0 Å². The van der Waals surface area contributed by atoms with Crippen LogP contribution in [0.25, 0.3) is 22.3 Å². The van der Waals surface area contributed by atoms with Crippen LogP contribution in [-0.2, 0) is 0 Å². The van der Waals surface area contributed by atoms with Gasteiger partial charge in [-0.05, 0) is 30.3 Å². The second-order valence-corrected chi connectivity index (χ2v) is 4.85. The molecule has 0 aliphatic heterocycles. The lowest BCUT2D eigenvalue weighted by molar-refractivity contribution is 0.386. The van der Waals surface area contributed by atoms with Gasteiger partial charge in [-0.25, -0.2) is 4.39 Å². The maximum Gasteiger partial charge on any atom is 0.193 e. The average Bonchev–Trinajstić information content (AvgIpc) is 2.48. The monoisotopic (exact) mass is 304 g/mol. The lowest BCUT2D eigenvalue weighted by Gasteiger charge is -2.06. The summed E-state index contributed by atoms with van der Waals surface area (Å²) in [7, 11) is 1.38. The van der Waals surface area contributed by atoms with E-state index in [-0.39, 0.29) is 22.5 Å². The fraction of sp³-hybridized carbons (Fsp3) is 0.0625. The van der Waals surface area contributed by atoms with Gasteiger partial charge in [0, 0.05) is 11.6 Å². The summed E-state index contributed by atoms with van der Waals surface area (Å²) < 4.78 is 24.3. The molecule has 0 aliphatic rings. The first-order valence-electron chi connectivity index (χ1n) is 6.16. The molecule has 1 heterocycles. The van der Waals surface area contributed by atoms with Gasteiger partial charge in [-0.3, -0.25) is 4.79 Å². The van der Waals surface area contributed by atoms with Crippen LogP contribution in [0.5, 0.6) is 5.75 Å². The predicted octanol–water partition coefficient (Wildman–Crippen LogP) is 4.26. The number of rotatable bonds is 2. The van der Waals surface area contributed by atoms with Crippen LogP contribution in [0, 0.1) is 5.82 Å². The Bertz CT molecular complexity index is 886. The molecule has 3 aromatic rings. The van der Waals surface area contributed by atoms with Crippen molar-refractivity contribution in [3.63, 3.8) is 0 Å². The lowest BCUT2D eigenvalue weighted by atomic mass is 10.1. The highest BCUT2D eigenvalue weighted by Gasteiger charge is 2.11. The van der Waals surface area contributed by atoms with Gasteiger partial charge in [-0.2, -0.15) is 0 Å². The Labute approximate surface area is 124 Å². The smallest absolute Gasteiger partial charge is 0.193 e. The molecule has 0 unspecified atom stereocenters. The van der Waals surface area contributed by atoms with Crippen molar-refractivity contribution in [2.75, 3.05) is 7.11 Å². The van der Waals surface area contributed by atoms with Crippen molar-refractivity contribution in [2.45, 2.75) is 0 Å². The molecule has 0 saturated carbocycles. The highest BCUT2D eigenvalue weighted by atomic mass is 35.5. The third-order valence-corrected chi connectivity index (χ3v) is 3.44. The summed E-state index contributed by atoms with van der Waals surface area (Å²) in [6, 6.07) is 10.6. The van der Waals surface area contributed by atoms with E-state index in [9.17, 15) is 9.18 Å². The standard InChI is InChI=1S/C16H10ClFO3/c1-20-14-6-5-9(7-12(14)18)15-8-13(19)10-3-2-4-11(17)16(10)21-15/h2-8H,1H3. The molecule has 0 N–H and O–H groups in total. The Morgan fingerprint density at radius 3 is 2.71 bits per heavy atom. The van der Waals surface area contributed by atoms with Crippen molar-refractivity contribution in [3.05, 3.63) is 63.5 Å². The maximum absolute atomic E-state index is 13.8. The van der Waals surface area contributed by atoms with Crippen LogP contribution in [0.1, 0.15) is 0 Å². The molecular formula is C16H10ClFO3. The van der Waals surface area contributed by atoms with Crippen LogP contribution >= 0.6 is 11.6 Å². The Morgan fingerprint density at radius 2 is 2.00 bits per heavy atom. The SMILES string of the molecule is COc1ccc(-c2cc(=O)c3cccc(Cl)c3o2)cc1F. The van der Waals surface area contributed by atoms with E-state index in [1.807, 2.05) is 0 Å². The number of ether oxygens (including phenoxy) is 1. The molecule has 5 heteroatoms. The number of para-hydroxylation sites is 1. The highest BCUT2D eigenvalue weighted by Crippen LogP contribution is 2.29. The van der Waals surface area contributed by atoms with Crippen molar-refractivity contribution in [3.8, 4) is 17.1 Å². The maximum atomic E-state index is 13.8. The van der Waals surface area contributed by atoms with E-state index < -0.39 is 5.82 Å². The Morgan fingerprint density at radius 1 is 1.19 bits per heavy atom. The topological polar surface area (TPSA) is 39.4 Å². The van der Waals surface area contributed by atoms with E-state index in [1.165, 1.54) is 25.3 Å². The number of hydrogen-bond acceptors (Lipinski definition) is 3. The molecular weight excluding hydrogens is 295 g/mol. The van der Waals surface area contributed by atoms with Gasteiger partial charge in [-0.15, -0.1) is 0 Å². The molecule has 3 rings (SSSR count). The summed E-state index contributed by atoms with van der Waals surface area (Å²) in [6.45, 7) is 0. The van der Waals surface area contributed by atoms with E-state index >= 15 is 0 Å². The lowest BCUT2D eigenvalue weighted by Crippen LogP contribution is -2.00. The molecule has 0 bridgehead atoms. The normalized spacial score (nSPS) is 10.8. The number of halogens is 2. The van der Waals surface area contributed by atoms with Gasteiger partial charge in [0.25, 0.3) is 0 Å².